The van der Waals surface area contributed by atoms with Gasteiger partial charge in [-0.25, -0.2) is 0 Å². The van der Waals surface area contributed by atoms with Crippen LogP contribution in [-0.4, -0.2) is 23.8 Å². The summed E-state index contributed by atoms with van der Waals surface area (Å²) in [4.78, 5) is 10.8. The molecule has 0 aromatic carbocycles. The third-order valence-electron chi connectivity index (χ3n) is 1.82. The van der Waals surface area contributed by atoms with Gasteiger partial charge in [-0.1, -0.05) is 13.8 Å². The summed E-state index contributed by atoms with van der Waals surface area (Å²) in [5, 5.41) is 8.86. The summed E-state index contributed by atoms with van der Waals surface area (Å²) in [7, 11) is -2.16. The predicted molar refractivity (Wildman–Crippen MR) is 56.1 cm³/mol. The van der Waals surface area contributed by atoms with Crippen molar-refractivity contribution in [2.45, 2.75) is 27.2 Å². The highest BCUT2D eigenvalue weighted by atomic mass is 31.1. The Labute approximate surface area is 85.5 Å². The first-order chi connectivity index (χ1) is 6.47. The van der Waals surface area contributed by atoms with Crippen molar-refractivity contribution < 1.29 is 19.0 Å². The predicted octanol–water partition coefficient (Wildman–Crippen LogP) is 2.24. The first-order valence-electron chi connectivity index (χ1n) is 4.85. The standard InChI is InChI=1S/C9H19O4P/c1-4-13-14(12)6-8(9(10)11)5-7(2)3/h7-8,14H,4-6H2,1-3H3,(H,10,11). The minimum atomic E-state index is -2.16. The van der Waals surface area contributed by atoms with Gasteiger partial charge in [0.05, 0.1) is 12.5 Å². The SMILES string of the molecule is CCO[PH](=O)CC(CC(C)C)C(=O)O. The van der Waals surface area contributed by atoms with Crippen LogP contribution in [0.15, 0.2) is 0 Å². The van der Waals surface area contributed by atoms with Crippen molar-refractivity contribution in [2.24, 2.45) is 11.8 Å². The Hall–Kier alpha value is -0.340. The summed E-state index contributed by atoms with van der Waals surface area (Å²) in [6.07, 6.45) is 0.713. The summed E-state index contributed by atoms with van der Waals surface area (Å²) in [6, 6.07) is 0. The molecule has 2 unspecified atom stereocenters. The monoisotopic (exact) mass is 222 g/mol. The minimum absolute atomic E-state index is 0.159. The summed E-state index contributed by atoms with van der Waals surface area (Å²) >= 11 is 0. The fourth-order valence-corrected chi connectivity index (χ4v) is 2.45. The van der Waals surface area contributed by atoms with Gasteiger partial charge in [-0.2, -0.15) is 0 Å². The maximum atomic E-state index is 11.2. The van der Waals surface area contributed by atoms with E-state index in [1.54, 1.807) is 6.92 Å². The van der Waals surface area contributed by atoms with Crippen molar-refractivity contribution >= 4 is 14.0 Å². The van der Waals surface area contributed by atoms with Crippen LogP contribution in [0.2, 0.25) is 0 Å². The molecule has 0 fully saturated rings. The van der Waals surface area contributed by atoms with Crippen molar-refractivity contribution in [3.8, 4) is 0 Å². The van der Waals surface area contributed by atoms with Gasteiger partial charge < -0.3 is 9.63 Å². The van der Waals surface area contributed by atoms with Gasteiger partial charge >= 0.3 is 5.97 Å². The zero-order chi connectivity index (χ0) is 11.1. The van der Waals surface area contributed by atoms with Crippen molar-refractivity contribution in [1.29, 1.82) is 0 Å². The molecule has 0 aliphatic heterocycles. The van der Waals surface area contributed by atoms with Crippen molar-refractivity contribution in [2.75, 3.05) is 12.8 Å². The van der Waals surface area contributed by atoms with Crippen LogP contribution in [0.5, 0.6) is 0 Å². The first-order valence-corrected chi connectivity index (χ1v) is 6.38. The summed E-state index contributed by atoms with van der Waals surface area (Å²) < 4.78 is 16.1. The minimum Gasteiger partial charge on any atom is -0.481 e. The zero-order valence-corrected chi connectivity index (χ0v) is 9.95. The van der Waals surface area contributed by atoms with E-state index in [0.29, 0.717) is 18.9 Å². The fraction of sp³-hybridized carbons (Fsp3) is 0.889. The Morgan fingerprint density at radius 2 is 2.07 bits per heavy atom. The van der Waals surface area contributed by atoms with Crippen LogP contribution in [-0.2, 0) is 13.9 Å². The second kappa shape index (κ2) is 7.02. The molecular formula is C9H19O4P. The van der Waals surface area contributed by atoms with E-state index >= 15 is 0 Å². The van der Waals surface area contributed by atoms with E-state index in [4.69, 9.17) is 9.63 Å². The summed E-state index contributed by atoms with van der Waals surface area (Å²) in [5.74, 6) is -1.11. The molecular weight excluding hydrogens is 203 g/mol. The largest absolute Gasteiger partial charge is 0.481 e. The molecule has 0 bridgehead atoms. The number of carbonyl (C=O) groups is 1. The van der Waals surface area contributed by atoms with Gasteiger partial charge in [0.15, 0.2) is 8.03 Å². The maximum Gasteiger partial charge on any atom is 0.307 e. The van der Waals surface area contributed by atoms with E-state index in [1.165, 1.54) is 0 Å². The Bertz CT molecular complexity index is 203. The number of hydrogen-bond donors (Lipinski definition) is 1. The molecule has 0 saturated carbocycles. The Morgan fingerprint density at radius 3 is 2.43 bits per heavy atom. The van der Waals surface area contributed by atoms with Crippen LogP contribution in [0, 0.1) is 11.8 Å². The molecule has 84 valence electrons. The smallest absolute Gasteiger partial charge is 0.307 e. The second-order valence-corrected chi connectivity index (χ2v) is 5.11. The lowest BCUT2D eigenvalue weighted by Gasteiger charge is -2.13. The molecule has 0 aliphatic rings. The molecule has 0 aromatic rings. The Balaban J connectivity index is 4.09. The third kappa shape index (κ3) is 6.17. The van der Waals surface area contributed by atoms with Gasteiger partial charge in [-0.3, -0.25) is 9.36 Å². The highest BCUT2D eigenvalue weighted by Gasteiger charge is 2.21. The average molecular weight is 222 g/mol. The van der Waals surface area contributed by atoms with Gasteiger partial charge in [0.25, 0.3) is 0 Å². The lowest BCUT2D eigenvalue weighted by Crippen LogP contribution is -2.18. The molecule has 0 rings (SSSR count). The molecule has 14 heavy (non-hydrogen) atoms. The zero-order valence-electron chi connectivity index (χ0n) is 8.95. The van der Waals surface area contributed by atoms with Crippen molar-refractivity contribution in [1.82, 2.24) is 0 Å². The van der Waals surface area contributed by atoms with Crippen LogP contribution >= 0.6 is 8.03 Å². The van der Waals surface area contributed by atoms with E-state index < -0.39 is 19.9 Å². The van der Waals surface area contributed by atoms with Gasteiger partial charge in [0.2, 0.25) is 0 Å². The molecule has 0 saturated heterocycles. The number of aliphatic carboxylic acids is 1. The van der Waals surface area contributed by atoms with E-state index in [1.807, 2.05) is 13.8 Å². The maximum absolute atomic E-state index is 11.2. The number of rotatable bonds is 7. The molecule has 1 N–H and O–H groups in total. The Morgan fingerprint density at radius 1 is 1.50 bits per heavy atom. The lowest BCUT2D eigenvalue weighted by atomic mass is 9.99. The molecule has 0 spiro atoms. The van der Waals surface area contributed by atoms with Crippen LogP contribution in [0.3, 0.4) is 0 Å². The van der Waals surface area contributed by atoms with Crippen molar-refractivity contribution in [3.63, 3.8) is 0 Å². The summed E-state index contributed by atoms with van der Waals surface area (Å²) in [5.41, 5.74) is 0. The van der Waals surface area contributed by atoms with Crippen LogP contribution in [0.4, 0.5) is 0 Å². The second-order valence-electron chi connectivity index (χ2n) is 3.67. The molecule has 0 heterocycles. The van der Waals surface area contributed by atoms with Gasteiger partial charge in [0, 0.05) is 6.16 Å². The highest BCUT2D eigenvalue weighted by Crippen LogP contribution is 2.28. The Kier molecular flexibility index (Phi) is 6.85. The number of carboxylic acids is 1. The first kappa shape index (κ1) is 13.7. The normalized spacial score (nSPS) is 15.4. The van der Waals surface area contributed by atoms with E-state index in [9.17, 15) is 9.36 Å². The van der Waals surface area contributed by atoms with Crippen LogP contribution in [0.1, 0.15) is 27.2 Å². The van der Waals surface area contributed by atoms with E-state index in [2.05, 4.69) is 0 Å². The third-order valence-corrected chi connectivity index (χ3v) is 3.26. The number of hydrogen-bond acceptors (Lipinski definition) is 3. The molecule has 0 aliphatic carbocycles. The summed E-state index contributed by atoms with van der Waals surface area (Å²) in [6.45, 7) is 6.04. The van der Waals surface area contributed by atoms with Gasteiger partial charge in [-0.05, 0) is 19.3 Å². The molecule has 4 nitrogen and oxygen atoms in total. The van der Waals surface area contributed by atoms with Gasteiger partial charge in [0.1, 0.15) is 0 Å². The van der Waals surface area contributed by atoms with E-state index in [-0.39, 0.29) is 6.16 Å². The highest BCUT2D eigenvalue weighted by molar-refractivity contribution is 7.39. The molecule has 0 radical (unpaired) electrons. The quantitative estimate of drug-likeness (QED) is 0.671. The van der Waals surface area contributed by atoms with Crippen molar-refractivity contribution in [3.05, 3.63) is 0 Å². The fourth-order valence-electron chi connectivity index (χ4n) is 1.26. The number of carboxylic acid groups (broad SMARTS) is 1. The van der Waals surface area contributed by atoms with Crippen LogP contribution < -0.4 is 0 Å². The molecule has 2 atom stereocenters. The van der Waals surface area contributed by atoms with E-state index in [0.717, 1.165) is 0 Å². The van der Waals surface area contributed by atoms with Crippen LogP contribution in [0.25, 0.3) is 0 Å². The topological polar surface area (TPSA) is 63.6 Å². The molecule has 5 heteroatoms. The molecule has 0 aromatic heterocycles. The lowest BCUT2D eigenvalue weighted by molar-refractivity contribution is -0.141. The van der Waals surface area contributed by atoms with Gasteiger partial charge in [-0.15, -0.1) is 0 Å². The molecule has 0 amide bonds. The average Bonchev–Trinajstić information content (AvgIpc) is 2.02.